The maximum Gasteiger partial charge on any atom is 0.312 e. The lowest BCUT2D eigenvalue weighted by Crippen LogP contribution is -2.07. The van der Waals surface area contributed by atoms with Crippen molar-refractivity contribution in [3.8, 4) is 0 Å². The minimum atomic E-state index is -0.108. The van der Waals surface area contributed by atoms with Crippen molar-refractivity contribution in [1.29, 1.82) is 0 Å². The monoisotopic (exact) mass is 369 g/mol. The van der Waals surface area contributed by atoms with Crippen LogP contribution in [0.1, 0.15) is 110 Å². The molecule has 1 rings (SSSR count). The standard InChI is InChI=1S/C21H39NO2S/c1-2-3-4-5-6-7-8-9-10-11-12-13-14-15-16-17-20(23)24-21-22-18-19-25-21/h2-19H2,1H3. The van der Waals surface area contributed by atoms with E-state index in [2.05, 4.69) is 11.9 Å². The summed E-state index contributed by atoms with van der Waals surface area (Å²) in [6, 6.07) is 0. The van der Waals surface area contributed by atoms with Crippen LogP contribution >= 0.6 is 11.8 Å². The van der Waals surface area contributed by atoms with Crippen LogP contribution in [0, 0.1) is 0 Å². The minimum Gasteiger partial charge on any atom is -0.401 e. The zero-order valence-corrected chi connectivity index (χ0v) is 17.2. The van der Waals surface area contributed by atoms with Crippen molar-refractivity contribution < 1.29 is 9.53 Å². The Kier molecular flexibility index (Phi) is 15.3. The second-order valence-electron chi connectivity index (χ2n) is 7.17. The Morgan fingerprint density at radius 3 is 1.76 bits per heavy atom. The Morgan fingerprint density at radius 1 is 0.840 bits per heavy atom. The van der Waals surface area contributed by atoms with E-state index in [1.165, 1.54) is 83.5 Å². The molecule has 0 aliphatic carbocycles. The highest BCUT2D eigenvalue weighted by Gasteiger charge is 2.12. The summed E-state index contributed by atoms with van der Waals surface area (Å²) in [6.07, 6.45) is 20.7. The summed E-state index contributed by atoms with van der Waals surface area (Å²) in [4.78, 5) is 15.8. The van der Waals surface area contributed by atoms with E-state index >= 15 is 0 Å². The third-order valence-electron chi connectivity index (χ3n) is 4.74. The third kappa shape index (κ3) is 14.4. The molecule has 0 unspecified atom stereocenters. The normalized spacial score (nSPS) is 13.9. The molecule has 0 atom stereocenters. The molecule has 0 spiro atoms. The molecule has 0 aromatic carbocycles. The molecular formula is C21H39NO2S. The van der Waals surface area contributed by atoms with Gasteiger partial charge < -0.3 is 4.74 Å². The quantitative estimate of drug-likeness (QED) is 0.219. The van der Waals surface area contributed by atoms with Gasteiger partial charge in [-0.2, -0.15) is 0 Å². The molecule has 1 aliphatic rings. The Labute approximate surface area is 159 Å². The number of hydrogen-bond donors (Lipinski definition) is 0. The molecule has 0 aromatic heterocycles. The summed E-state index contributed by atoms with van der Waals surface area (Å²) >= 11 is 1.54. The summed E-state index contributed by atoms with van der Waals surface area (Å²) in [7, 11) is 0. The van der Waals surface area contributed by atoms with Gasteiger partial charge in [0.05, 0.1) is 6.54 Å². The van der Waals surface area contributed by atoms with Gasteiger partial charge in [0, 0.05) is 12.2 Å². The maximum atomic E-state index is 11.6. The molecule has 0 N–H and O–H groups in total. The average molecular weight is 370 g/mol. The molecule has 3 nitrogen and oxygen atoms in total. The third-order valence-corrected chi connectivity index (χ3v) is 5.59. The lowest BCUT2D eigenvalue weighted by atomic mass is 10.0. The fraction of sp³-hybridized carbons (Fsp3) is 0.905. The molecule has 146 valence electrons. The van der Waals surface area contributed by atoms with E-state index < -0.39 is 0 Å². The van der Waals surface area contributed by atoms with Crippen LogP contribution in [-0.4, -0.2) is 23.5 Å². The molecule has 0 saturated heterocycles. The van der Waals surface area contributed by atoms with Gasteiger partial charge >= 0.3 is 5.97 Å². The summed E-state index contributed by atoms with van der Waals surface area (Å²) in [5.74, 6) is 0.838. The van der Waals surface area contributed by atoms with Crippen LogP contribution in [0.3, 0.4) is 0 Å². The second-order valence-corrected chi connectivity index (χ2v) is 8.22. The van der Waals surface area contributed by atoms with E-state index in [1.54, 1.807) is 11.8 Å². The summed E-state index contributed by atoms with van der Waals surface area (Å²) in [6.45, 7) is 3.06. The largest absolute Gasteiger partial charge is 0.401 e. The number of ether oxygens (including phenoxy) is 1. The van der Waals surface area contributed by atoms with Crippen molar-refractivity contribution >= 4 is 23.0 Å². The molecule has 0 bridgehead atoms. The van der Waals surface area contributed by atoms with Gasteiger partial charge in [0.2, 0.25) is 0 Å². The fourth-order valence-electron chi connectivity index (χ4n) is 3.17. The van der Waals surface area contributed by atoms with Crippen LogP contribution in [0.5, 0.6) is 0 Å². The number of hydrogen-bond acceptors (Lipinski definition) is 4. The molecule has 4 heteroatoms. The van der Waals surface area contributed by atoms with Gasteiger partial charge in [-0.1, -0.05) is 109 Å². The van der Waals surface area contributed by atoms with Crippen molar-refractivity contribution in [2.24, 2.45) is 4.99 Å². The molecule has 1 aliphatic heterocycles. The van der Waals surface area contributed by atoms with Crippen molar-refractivity contribution in [1.82, 2.24) is 0 Å². The highest BCUT2D eigenvalue weighted by molar-refractivity contribution is 8.13. The first-order valence-corrected chi connectivity index (χ1v) is 11.7. The van der Waals surface area contributed by atoms with E-state index in [4.69, 9.17) is 4.74 Å². The highest BCUT2D eigenvalue weighted by atomic mass is 32.2. The van der Waals surface area contributed by atoms with Crippen LogP contribution in [0.25, 0.3) is 0 Å². The first-order valence-electron chi connectivity index (χ1n) is 10.7. The predicted octanol–water partition coefficient (Wildman–Crippen LogP) is 6.89. The van der Waals surface area contributed by atoms with E-state index in [1.807, 2.05) is 0 Å². The highest BCUT2D eigenvalue weighted by Crippen LogP contribution is 2.15. The first-order chi connectivity index (χ1) is 12.3. The first kappa shape index (κ1) is 22.5. The molecule has 0 amide bonds. The van der Waals surface area contributed by atoms with Gasteiger partial charge in [-0.05, 0) is 6.42 Å². The second kappa shape index (κ2) is 16.9. The van der Waals surface area contributed by atoms with Crippen molar-refractivity contribution in [3.63, 3.8) is 0 Å². The number of aliphatic imine (C=N–C) groups is 1. The minimum absolute atomic E-state index is 0.108. The Hall–Kier alpha value is -0.510. The summed E-state index contributed by atoms with van der Waals surface area (Å²) in [5, 5.41) is 0.575. The van der Waals surface area contributed by atoms with E-state index in [-0.39, 0.29) is 5.97 Å². The molecule has 1 heterocycles. The fourth-order valence-corrected chi connectivity index (χ4v) is 3.86. The van der Waals surface area contributed by atoms with Gasteiger partial charge in [-0.3, -0.25) is 4.79 Å². The van der Waals surface area contributed by atoms with Crippen molar-refractivity contribution in [2.75, 3.05) is 12.3 Å². The van der Waals surface area contributed by atoms with Crippen LogP contribution in [0.2, 0.25) is 0 Å². The molecule has 0 aromatic rings. The van der Waals surface area contributed by atoms with Crippen LogP contribution < -0.4 is 0 Å². The molecule has 0 fully saturated rings. The van der Waals surface area contributed by atoms with Crippen LogP contribution in [-0.2, 0) is 9.53 Å². The lowest BCUT2D eigenvalue weighted by molar-refractivity contribution is -0.135. The number of thioether (sulfide) groups is 1. The van der Waals surface area contributed by atoms with Gasteiger partial charge in [0.25, 0.3) is 5.23 Å². The SMILES string of the molecule is CCCCCCCCCCCCCCCCCC(=O)OC1=NCCS1. The molecule has 25 heavy (non-hydrogen) atoms. The Bertz CT molecular complexity index is 358. The van der Waals surface area contributed by atoms with E-state index in [0.29, 0.717) is 11.7 Å². The number of carbonyl (C=O) groups excluding carboxylic acids is 1. The zero-order chi connectivity index (χ0) is 18.0. The van der Waals surface area contributed by atoms with E-state index in [9.17, 15) is 4.79 Å². The number of nitrogens with zero attached hydrogens (tertiary/aromatic N) is 1. The van der Waals surface area contributed by atoms with Gasteiger partial charge in [-0.25, -0.2) is 4.99 Å². The van der Waals surface area contributed by atoms with Gasteiger partial charge in [0.1, 0.15) is 0 Å². The number of unbranched alkanes of at least 4 members (excludes halogenated alkanes) is 14. The number of carbonyl (C=O) groups is 1. The smallest absolute Gasteiger partial charge is 0.312 e. The Balaban J connectivity index is 1.72. The topological polar surface area (TPSA) is 38.7 Å². The van der Waals surface area contributed by atoms with E-state index in [0.717, 1.165) is 25.1 Å². The summed E-state index contributed by atoms with van der Waals surface area (Å²) in [5.41, 5.74) is 0. The molecule has 0 saturated carbocycles. The summed E-state index contributed by atoms with van der Waals surface area (Å²) < 4.78 is 5.20. The number of rotatable bonds is 16. The average Bonchev–Trinajstić information content (AvgIpc) is 3.11. The van der Waals surface area contributed by atoms with Gasteiger partial charge in [0.15, 0.2) is 0 Å². The van der Waals surface area contributed by atoms with Crippen molar-refractivity contribution in [2.45, 2.75) is 110 Å². The molecule has 0 radical (unpaired) electrons. The van der Waals surface area contributed by atoms with Crippen LogP contribution in [0.4, 0.5) is 0 Å². The van der Waals surface area contributed by atoms with Gasteiger partial charge in [-0.15, -0.1) is 0 Å². The lowest BCUT2D eigenvalue weighted by Gasteiger charge is -2.04. The van der Waals surface area contributed by atoms with Crippen molar-refractivity contribution in [3.05, 3.63) is 0 Å². The van der Waals surface area contributed by atoms with Crippen LogP contribution in [0.15, 0.2) is 4.99 Å². The number of esters is 1. The Morgan fingerprint density at radius 2 is 1.32 bits per heavy atom. The predicted molar refractivity (Wildman–Crippen MR) is 110 cm³/mol. The zero-order valence-electron chi connectivity index (χ0n) is 16.4. The molecular weight excluding hydrogens is 330 g/mol. The maximum absolute atomic E-state index is 11.6.